The second-order valence-corrected chi connectivity index (χ2v) is 5.53. The van der Waals surface area contributed by atoms with Gasteiger partial charge < -0.3 is 14.7 Å². The van der Waals surface area contributed by atoms with E-state index in [1.807, 2.05) is 30.3 Å². The Labute approximate surface area is 117 Å². The van der Waals surface area contributed by atoms with Crippen LogP contribution in [0, 0.1) is 17.8 Å². The molecule has 20 heavy (non-hydrogen) atoms. The third-order valence-electron chi connectivity index (χ3n) is 4.25. The zero-order chi connectivity index (χ0) is 14.1. The number of benzene rings is 1. The Bertz CT molecular complexity index is 504. The van der Waals surface area contributed by atoms with E-state index in [1.165, 1.54) is 0 Å². The molecule has 1 aromatic carbocycles. The molecular formula is C15H17NO4. The van der Waals surface area contributed by atoms with Crippen LogP contribution in [0.15, 0.2) is 30.3 Å². The molecule has 5 nitrogen and oxygen atoms in total. The second kappa shape index (κ2) is 5.15. The molecule has 0 aromatic heterocycles. The maximum Gasteiger partial charge on any atom is 0.410 e. The molecule has 0 bridgehead atoms. The molecule has 1 aliphatic heterocycles. The molecule has 0 spiro atoms. The van der Waals surface area contributed by atoms with Crippen molar-refractivity contribution in [1.82, 2.24) is 4.90 Å². The number of amides is 1. The standard InChI is InChI=1S/C15H17NO4/c17-14(18)6-11-12-7-16(8-13(11)12)15(19)20-9-10-4-2-1-3-5-10/h1-5,11-13H,6-9H2,(H,17,18)/t11-,12+,13?/m1/s1. The van der Waals surface area contributed by atoms with Crippen LogP contribution < -0.4 is 0 Å². The third-order valence-corrected chi connectivity index (χ3v) is 4.25. The zero-order valence-electron chi connectivity index (χ0n) is 11.1. The third kappa shape index (κ3) is 2.61. The molecule has 0 radical (unpaired) electrons. The molecule has 1 saturated heterocycles. The van der Waals surface area contributed by atoms with E-state index in [0.717, 1.165) is 5.56 Å². The molecule has 1 N–H and O–H groups in total. The fourth-order valence-electron chi connectivity index (χ4n) is 3.11. The quantitative estimate of drug-likeness (QED) is 0.912. The van der Waals surface area contributed by atoms with E-state index in [-0.39, 0.29) is 25.0 Å². The Morgan fingerprint density at radius 3 is 2.45 bits per heavy atom. The predicted molar refractivity (Wildman–Crippen MR) is 70.9 cm³/mol. The Morgan fingerprint density at radius 1 is 1.20 bits per heavy atom. The van der Waals surface area contributed by atoms with Gasteiger partial charge in [-0.3, -0.25) is 4.79 Å². The molecule has 1 amide bonds. The number of piperidine rings is 1. The first-order chi connectivity index (χ1) is 9.65. The highest BCUT2D eigenvalue weighted by Gasteiger charge is 2.57. The van der Waals surface area contributed by atoms with Gasteiger partial charge in [-0.05, 0) is 23.3 Å². The second-order valence-electron chi connectivity index (χ2n) is 5.53. The van der Waals surface area contributed by atoms with Gasteiger partial charge in [-0.25, -0.2) is 4.79 Å². The first-order valence-electron chi connectivity index (χ1n) is 6.82. The summed E-state index contributed by atoms with van der Waals surface area (Å²) < 4.78 is 5.27. The number of rotatable bonds is 4. The highest BCUT2D eigenvalue weighted by atomic mass is 16.6. The van der Waals surface area contributed by atoms with Gasteiger partial charge in [-0.2, -0.15) is 0 Å². The summed E-state index contributed by atoms with van der Waals surface area (Å²) in [7, 11) is 0. The number of likely N-dealkylation sites (tertiary alicyclic amines) is 1. The summed E-state index contributed by atoms with van der Waals surface area (Å²) in [6.45, 7) is 1.55. The molecule has 1 aliphatic carbocycles. The number of fused-ring (bicyclic) bond motifs is 1. The maximum atomic E-state index is 11.9. The molecule has 5 heteroatoms. The molecule has 3 rings (SSSR count). The number of hydrogen-bond donors (Lipinski definition) is 1. The molecule has 106 valence electrons. The van der Waals surface area contributed by atoms with Gasteiger partial charge in [-0.1, -0.05) is 30.3 Å². The minimum absolute atomic E-state index is 0.224. The number of nitrogens with zero attached hydrogens (tertiary/aromatic N) is 1. The lowest BCUT2D eigenvalue weighted by atomic mass is 10.2. The highest BCUT2D eigenvalue weighted by molar-refractivity contribution is 5.70. The van der Waals surface area contributed by atoms with Crippen molar-refractivity contribution in [3.8, 4) is 0 Å². The van der Waals surface area contributed by atoms with Crippen LogP contribution in [0.1, 0.15) is 12.0 Å². The van der Waals surface area contributed by atoms with Gasteiger partial charge in [0.2, 0.25) is 0 Å². The van der Waals surface area contributed by atoms with E-state index < -0.39 is 5.97 Å². The van der Waals surface area contributed by atoms with Crippen molar-refractivity contribution in [2.45, 2.75) is 13.0 Å². The van der Waals surface area contributed by atoms with Crippen molar-refractivity contribution >= 4 is 12.1 Å². The topological polar surface area (TPSA) is 66.8 Å². The highest BCUT2D eigenvalue weighted by Crippen LogP contribution is 2.53. The number of aliphatic carboxylic acids is 1. The van der Waals surface area contributed by atoms with E-state index in [0.29, 0.717) is 24.9 Å². The Kier molecular flexibility index (Phi) is 3.34. The first kappa shape index (κ1) is 13.0. The summed E-state index contributed by atoms with van der Waals surface area (Å²) in [5.41, 5.74) is 0.967. The van der Waals surface area contributed by atoms with Gasteiger partial charge in [0, 0.05) is 19.5 Å². The number of carbonyl (C=O) groups excluding carboxylic acids is 1. The van der Waals surface area contributed by atoms with Crippen molar-refractivity contribution in [1.29, 1.82) is 0 Å². The van der Waals surface area contributed by atoms with Crippen molar-refractivity contribution < 1.29 is 19.4 Å². The Balaban J connectivity index is 1.44. The Morgan fingerprint density at radius 2 is 1.85 bits per heavy atom. The van der Waals surface area contributed by atoms with E-state index >= 15 is 0 Å². The molecular weight excluding hydrogens is 258 g/mol. The van der Waals surface area contributed by atoms with Crippen molar-refractivity contribution in [3.63, 3.8) is 0 Å². The van der Waals surface area contributed by atoms with E-state index in [2.05, 4.69) is 0 Å². The summed E-state index contributed by atoms with van der Waals surface area (Å²) in [6, 6.07) is 9.56. The fourth-order valence-corrected chi connectivity index (χ4v) is 3.11. The number of ether oxygens (including phenoxy) is 1. The van der Waals surface area contributed by atoms with E-state index in [4.69, 9.17) is 9.84 Å². The molecule has 1 saturated carbocycles. The van der Waals surface area contributed by atoms with Gasteiger partial charge in [-0.15, -0.1) is 0 Å². The SMILES string of the molecule is O=C(O)C[C@H]1C2CN(C(=O)OCc3ccccc3)C[C@H]21. The summed E-state index contributed by atoms with van der Waals surface area (Å²) in [6.07, 6.45) is -0.0717. The Hall–Kier alpha value is -2.04. The number of carbonyl (C=O) groups is 2. The number of carboxylic acids is 1. The minimum Gasteiger partial charge on any atom is -0.481 e. The maximum absolute atomic E-state index is 11.9. The smallest absolute Gasteiger partial charge is 0.410 e. The molecule has 1 aromatic rings. The van der Waals surface area contributed by atoms with E-state index in [9.17, 15) is 9.59 Å². The van der Waals surface area contributed by atoms with Crippen molar-refractivity contribution in [2.75, 3.05) is 13.1 Å². The van der Waals surface area contributed by atoms with Crippen LogP contribution in [0.2, 0.25) is 0 Å². The van der Waals surface area contributed by atoms with Gasteiger partial charge >= 0.3 is 12.1 Å². The van der Waals surface area contributed by atoms with Gasteiger partial charge in [0.25, 0.3) is 0 Å². The number of carboxylic acid groups (broad SMARTS) is 1. The summed E-state index contributed by atoms with van der Waals surface area (Å²) in [4.78, 5) is 24.2. The van der Waals surface area contributed by atoms with Crippen LogP contribution in [-0.2, 0) is 16.1 Å². The minimum atomic E-state index is -0.748. The predicted octanol–water partition coefficient (Wildman–Crippen LogP) is 1.98. The van der Waals surface area contributed by atoms with Crippen LogP contribution in [0.3, 0.4) is 0 Å². The summed E-state index contributed by atoms with van der Waals surface area (Å²) >= 11 is 0. The molecule has 2 fully saturated rings. The molecule has 2 aliphatic rings. The van der Waals surface area contributed by atoms with Gasteiger partial charge in [0.15, 0.2) is 0 Å². The lowest BCUT2D eigenvalue weighted by Gasteiger charge is -2.19. The largest absolute Gasteiger partial charge is 0.481 e. The van der Waals surface area contributed by atoms with E-state index in [1.54, 1.807) is 4.90 Å². The normalized spacial score (nSPS) is 27.0. The van der Waals surface area contributed by atoms with Crippen molar-refractivity contribution in [2.24, 2.45) is 17.8 Å². The molecule has 1 unspecified atom stereocenters. The van der Waals surface area contributed by atoms with Gasteiger partial charge in [0.05, 0.1) is 0 Å². The number of hydrogen-bond acceptors (Lipinski definition) is 3. The lowest BCUT2D eigenvalue weighted by molar-refractivity contribution is -0.137. The zero-order valence-corrected chi connectivity index (χ0v) is 11.1. The lowest BCUT2D eigenvalue weighted by Crippen LogP contribution is -2.32. The average molecular weight is 275 g/mol. The average Bonchev–Trinajstić information content (AvgIpc) is 2.89. The molecule has 3 atom stereocenters. The first-order valence-corrected chi connectivity index (χ1v) is 6.82. The molecule has 1 heterocycles. The van der Waals surface area contributed by atoms with Crippen LogP contribution in [-0.4, -0.2) is 35.2 Å². The van der Waals surface area contributed by atoms with Crippen LogP contribution in [0.5, 0.6) is 0 Å². The monoisotopic (exact) mass is 275 g/mol. The van der Waals surface area contributed by atoms with Crippen LogP contribution in [0.4, 0.5) is 4.79 Å². The van der Waals surface area contributed by atoms with Crippen LogP contribution >= 0.6 is 0 Å². The van der Waals surface area contributed by atoms with Crippen molar-refractivity contribution in [3.05, 3.63) is 35.9 Å². The van der Waals surface area contributed by atoms with Gasteiger partial charge in [0.1, 0.15) is 6.61 Å². The van der Waals surface area contributed by atoms with Crippen LogP contribution in [0.25, 0.3) is 0 Å². The summed E-state index contributed by atoms with van der Waals surface area (Å²) in [5.74, 6) is 0.221. The fraction of sp³-hybridized carbons (Fsp3) is 0.467. The summed E-state index contributed by atoms with van der Waals surface area (Å²) in [5, 5.41) is 8.76.